The third-order valence-corrected chi connectivity index (χ3v) is 2.47. The fourth-order valence-corrected chi connectivity index (χ4v) is 2.28. The number of halogens is 2. The van der Waals surface area contributed by atoms with Crippen molar-refractivity contribution in [2.75, 3.05) is 19.0 Å². The lowest BCUT2D eigenvalue weighted by Gasteiger charge is -2.14. The van der Waals surface area contributed by atoms with Crippen LogP contribution in [-0.2, 0) is 0 Å². The molecule has 14 heavy (non-hydrogen) atoms. The summed E-state index contributed by atoms with van der Waals surface area (Å²) in [6.45, 7) is 0. The second kappa shape index (κ2) is 4.14. The molecule has 0 bridgehead atoms. The number of rotatable bonds is 2. The zero-order valence-electron chi connectivity index (χ0n) is 7.62. The Morgan fingerprint density at radius 2 is 2.07 bits per heavy atom. The van der Waals surface area contributed by atoms with Crippen molar-refractivity contribution in [1.29, 1.82) is 0 Å². The van der Waals surface area contributed by atoms with Gasteiger partial charge in [0.25, 0.3) is 5.69 Å². The van der Waals surface area contributed by atoms with Gasteiger partial charge in [0.2, 0.25) is 0 Å². The molecule has 0 radical (unpaired) electrons. The van der Waals surface area contributed by atoms with Crippen molar-refractivity contribution in [3.05, 3.63) is 31.7 Å². The minimum absolute atomic E-state index is 0.00521. The summed E-state index contributed by atoms with van der Waals surface area (Å²) in [5.74, 6) is 0. The van der Waals surface area contributed by atoms with Crippen molar-refractivity contribution in [2.45, 2.75) is 0 Å². The van der Waals surface area contributed by atoms with E-state index in [1.54, 1.807) is 25.1 Å². The van der Waals surface area contributed by atoms with E-state index in [9.17, 15) is 10.1 Å². The van der Waals surface area contributed by atoms with Crippen LogP contribution in [0.15, 0.2) is 16.6 Å². The van der Waals surface area contributed by atoms with Crippen LogP contribution in [0, 0.1) is 10.1 Å². The number of hydrogen-bond acceptors (Lipinski definition) is 3. The summed E-state index contributed by atoms with van der Waals surface area (Å²) in [5, 5.41) is 11.1. The van der Waals surface area contributed by atoms with Crippen LogP contribution in [0.3, 0.4) is 0 Å². The highest BCUT2D eigenvalue weighted by Gasteiger charge is 2.19. The van der Waals surface area contributed by atoms with Crippen LogP contribution in [-0.4, -0.2) is 19.0 Å². The summed E-state index contributed by atoms with van der Waals surface area (Å²) >= 11 is 8.95. The highest BCUT2D eigenvalue weighted by Crippen LogP contribution is 2.37. The maximum Gasteiger partial charge on any atom is 0.295 e. The average molecular weight is 280 g/mol. The molecule has 0 aliphatic rings. The van der Waals surface area contributed by atoms with Gasteiger partial charge in [0.05, 0.1) is 4.92 Å². The highest BCUT2D eigenvalue weighted by atomic mass is 79.9. The predicted molar refractivity (Wildman–Crippen MR) is 60.1 cm³/mol. The Morgan fingerprint density at radius 3 is 2.50 bits per heavy atom. The van der Waals surface area contributed by atoms with E-state index in [1.165, 1.54) is 6.07 Å². The van der Waals surface area contributed by atoms with E-state index in [0.29, 0.717) is 15.2 Å². The largest absolute Gasteiger partial charge is 0.371 e. The first-order chi connectivity index (χ1) is 6.43. The van der Waals surface area contributed by atoms with Gasteiger partial charge in [-0.15, -0.1) is 0 Å². The maximum atomic E-state index is 10.7. The first-order valence-corrected chi connectivity index (χ1v) is 4.91. The Morgan fingerprint density at radius 1 is 1.50 bits per heavy atom. The van der Waals surface area contributed by atoms with Crippen molar-refractivity contribution in [3.63, 3.8) is 0 Å². The Labute approximate surface area is 94.7 Å². The summed E-state index contributed by atoms with van der Waals surface area (Å²) in [7, 11) is 3.47. The molecule has 1 aromatic carbocycles. The molecule has 0 aromatic heterocycles. The third kappa shape index (κ3) is 2.16. The number of anilines is 1. The zero-order valence-corrected chi connectivity index (χ0v) is 9.96. The van der Waals surface area contributed by atoms with E-state index >= 15 is 0 Å². The summed E-state index contributed by atoms with van der Waals surface area (Å²) in [5.41, 5.74) is 0.508. The number of nitro benzene ring substituents is 1. The molecule has 0 amide bonds. The molecule has 0 atom stereocenters. The van der Waals surface area contributed by atoms with Gasteiger partial charge >= 0.3 is 0 Å². The van der Waals surface area contributed by atoms with Crippen LogP contribution in [0.25, 0.3) is 0 Å². The fourth-order valence-electron chi connectivity index (χ4n) is 1.13. The smallest absolute Gasteiger partial charge is 0.295 e. The lowest BCUT2D eigenvalue weighted by Crippen LogP contribution is -2.11. The minimum Gasteiger partial charge on any atom is -0.371 e. The Hall–Kier alpha value is -0.810. The molecule has 0 saturated carbocycles. The van der Waals surface area contributed by atoms with Gasteiger partial charge < -0.3 is 4.90 Å². The lowest BCUT2D eigenvalue weighted by atomic mass is 10.2. The molecule has 1 aromatic rings. The molecule has 0 aliphatic heterocycles. The van der Waals surface area contributed by atoms with Crippen LogP contribution in [0.4, 0.5) is 11.4 Å². The Bertz CT molecular complexity index is 382. The van der Waals surface area contributed by atoms with Crippen molar-refractivity contribution in [3.8, 4) is 0 Å². The molecule has 0 saturated heterocycles. The second-order valence-corrected chi connectivity index (χ2v) is 4.20. The summed E-state index contributed by atoms with van der Waals surface area (Å²) in [6.07, 6.45) is 0. The van der Waals surface area contributed by atoms with E-state index in [2.05, 4.69) is 15.9 Å². The quantitative estimate of drug-likeness (QED) is 0.617. The van der Waals surface area contributed by atoms with E-state index in [-0.39, 0.29) is 5.69 Å². The van der Waals surface area contributed by atoms with E-state index in [4.69, 9.17) is 11.6 Å². The molecule has 0 unspecified atom stereocenters. The van der Waals surface area contributed by atoms with Crippen molar-refractivity contribution in [2.24, 2.45) is 0 Å². The van der Waals surface area contributed by atoms with Gasteiger partial charge in [-0.2, -0.15) is 0 Å². The summed E-state index contributed by atoms with van der Waals surface area (Å²) in [4.78, 5) is 11.9. The first kappa shape index (κ1) is 11.3. The van der Waals surface area contributed by atoms with Gasteiger partial charge in [0.15, 0.2) is 0 Å². The van der Waals surface area contributed by atoms with Gasteiger partial charge in [0, 0.05) is 29.7 Å². The SMILES string of the molecule is CN(C)c1c(Br)cc(Cl)cc1[N+](=O)[O-]. The highest BCUT2D eigenvalue weighted by molar-refractivity contribution is 9.10. The van der Waals surface area contributed by atoms with Gasteiger partial charge in [-0.3, -0.25) is 10.1 Å². The topological polar surface area (TPSA) is 46.4 Å². The standard InChI is InChI=1S/C8H8BrClN2O2/c1-11(2)8-6(9)3-5(10)4-7(8)12(13)14/h3-4H,1-2H3. The fraction of sp³-hybridized carbons (Fsp3) is 0.250. The monoisotopic (exact) mass is 278 g/mol. The first-order valence-electron chi connectivity index (χ1n) is 3.74. The summed E-state index contributed by atoms with van der Waals surface area (Å²) < 4.78 is 0.613. The molecule has 0 spiro atoms. The normalized spacial score (nSPS) is 10.0. The number of hydrogen-bond donors (Lipinski definition) is 0. The molecule has 0 aliphatic carbocycles. The van der Waals surface area contributed by atoms with Crippen molar-refractivity contribution >= 4 is 38.9 Å². The predicted octanol–water partition coefficient (Wildman–Crippen LogP) is 3.08. The van der Waals surface area contributed by atoms with Crippen LogP contribution < -0.4 is 4.90 Å². The Balaban J connectivity index is 3.44. The van der Waals surface area contributed by atoms with E-state index in [1.807, 2.05) is 0 Å². The molecule has 4 nitrogen and oxygen atoms in total. The summed E-state index contributed by atoms with van der Waals surface area (Å²) in [6, 6.07) is 2.96. The van der Waals surface area contributed by atoms with Gasteiger partial charge in [-0.25, -0.2) is 0 Å². The molecule has 1 rings (SSSR count). The number of nitrogens with zero attached hydrogens (tertiary/aromatic N) is 2. The number of benzene rings is 1. The lowest BCUT2D eigenvalue weighted by molar-refractivity contribution is -0.384. The van der Waals surface area contributed by atoms with E-state index in [0.717, 1.165) is 0 Å². The molecular weight excluding hydrogens is 271 g/mol. The maximum absolute atomic E-state index is 10.7. The van der Waals surface area contributed by atoms with Crippen molar-refractivity contribution in [1.82, 2.24) is 0 Å². The van der Waals surface area contributed by atoms with Gasteiger partial charge in [0.1, 0.15) is 5.69 Å². The second-order valence-electron chi connectivity index (χ2n) is 2.91. The molecule has 76 valence electrons. The molecule has 0 fully saturated rings. The van der Waals surface area contributed by atoms with Gasteiger partial charge in [-0.1, -0.05) is 11.6 Å². The molecule has 6 heteroatoms. The number of nitro groups is 1. The van der Waals surface area contributed by atoms with Crippen LogP contribution in [0.5, 0.6) is 0 Å². The van der Waals surface area contributed by atoms with Crippen LogP contribution in [0.1, 0.15) is 0 Å². The molecule has 0 heterocycles. The third-order valence-electron chi connectivity index (χ3n) is 1.65. The Kier molecular flexibility index (Phi) is 3.34. The minimum atomic E-state index is -0.452. The zero-order chi connectivity index (χ0) is 10.9. The van der Waals surface area contributed by atoms with Crippen LogP contribution >= 0.6 is 27.5 Å². The van der Waals surface area contributed by atoms with Crippen LogP contribution in [0.2, 0.25) is 5.02 Å². The van der Waals surface area contributed by atoms with E-state index < -0.39 is 4.92 Å². The molecule has 0 N–H and O–H groups in total. The van der Waals surface area contributed by atoms with Crippen molar-refractivity contribution < 1.29 is 4.92 Å². The molecular formula is C8H8BrClN2O2. The average Bonchev–Trinajstić information content (AvgIpc) is 2.01. The van der Waals surface area contributed by atoms with Gasteiger partial charge in [-0.05, 0) is 22.0 Å².